The second-order valence-electron chi connectivity index (χ2n) is 6.14. The molecule has 0 heterocycles. The van der Waals surface area contributed by atoms with Crippen molar-refractivity contribution in [2.24, 2.45) is 0 Å². The van der Waals surface area contributed by atoms with Crippen LogP contribution in [-0.2, 0) is 6.42 Å². The fourth-order valence-electron chi connectivity index (χ4n) is 2.62. The molecule has 2 rings (SSSR count). The van der Waals surface area contributed by atoms with Crippen molar-refractivity contribution in [3.8, 4) is 23.3 Å². The Morgan fingerprint density at radius 3 is 2.43 bits per heavy atom. The minimum Gasteiger partial charge on any atom is -0.493 e. The molecule has 0 aliphatic heterocycles. The van der Waals surface area contributed by atoms with Crippen molar-refractivity contribution in [2.75, 3.05) is 41.0 Å². The molecule has 0 unspecified atom stereocenters. The number of nitriles is 1. The third-order valence-electron chi connectivity index (χ3n) is 4.26. The Morgan fingerprint density at radius 2 is 1.79 bits per heavy atom. The molecule has 148 valence electrons. The molecule has 0 saturated heterocycles. The van der Waals surface area contributed by atoms with Gasteiger partial charge < -0.3 is 19.1 Å². The van der Waals surface area contributed by atoms with E-state index in [0.29, 0.717) is 30.4 Å². The lowest BCUT2D eigenvalue weighted by Gasteiger charge is -2.17. The average molecular weight is 385 g/mol. The normalized spacial score (nSPS) is 10.4. The third kappa shape index (κ3) is 5.59. The fraction of sp³-hybridized carbons (Fsp3) is 0.350. The predicted molar refractivity (Wildman–Crippen MR) is 104 cm³/mol. The summed E-state index contributed by atoms with van der Waals surface area (Å²) in [7, 11) is 5.19. The van der Waals surface area contributed by atoms with E-state index in [2.05, 4.69) is 4.90 Å². The number of nitro groups is 1. The minimum atomic E-state index is -0.535. The number of methoxy groups -OCH3 is 2. The Hall–Kier alpha value is -3.31. The fourth-order valence-corrected chi connectivity index (χ4v) is 2.62. The van der Waals surface area contributed by atoms with Crippen LogP contribution in [0.1, 0.15) is 11.1 Å². The van der Waals surface area contributed by atoms with Gasteiger partial charge in [-0.2, -0.15) is 5.26 Å². The summed E-state index contributed by atoms with van der Waals surface area (Å²) in [6.45, 7) is 1.83. The summed E-state index contributed by atoms with van der Waals surface area (Å²) in [4.78, 5) is 12.4. The third-order valence-corrected chi connectivity index (χ3v) is 4.26. The van der Waals surface area contributed by atoms with Crippen LogP contribution in [0.25, 0.3) is 0 Å². The van der Waals surface area contributed by atoms with E-state index in [1.807, 2.05) is 31.3 Å². The SMILES string of the molecule is COc1ccc(CCN(C)CCOc2ccc([N+](=O)[O-])cc2C#N)cc1OC. The standard InChI is InChI=1S/C20H23N3O5/c1-22(9-8-15-4-6-19(26-2)20(12-15)27-3)10-11-28-18-7-5-17(23(24)25)13-16(18)14-21/h4-7,12-13H,8-11H2,1-3H3. The summed E-state index contributed by atoms with van der Waals surface area (Å²) in [5, 5.41) is 19.9. The van der Waals surface area contributed by atoms with Crippen LogP contribution in [0.5, 0.6) is 17.2 Å². The van der Waals surface area contributed by atoms with E-state index in [9.17, 15) is 10.1 Å². The van der Waals surface area contributed by atoms with Gasteiger partial charge >= 0.3 is 0 Å². The van der Waals surface area contributed by atoms with Gasteiger partial charge in [-0.1, -0.05) is 6.07 Å². The monoisotopic (exact) mass is 385 g/mol. The van der Waals surface area contributed by atoms with E-state index in [-0.39, 0.29) is 11.3 Å². The van der Waals surface area contributed by atoms with Gasteiger partial charge in [0.15, 0.2) is 11.5 Å². The van der Waals surface area contributed by atoms with Gasteiger partial charge in [0.25, 0.3) is 5.69 Å². The smallest absolute Gasteiger partial charge is 0.271 e. The lowest BCUT2D eigenvalue weighted by Crippen LogP contribution is -2.26. The lowest BCUT2D eigenvalue weighted by atomic mass is 10.1. The first-order chi connectivity index (χ1) is 13.5. The highest BCUT2D eigenvalue weighted by atomic mass is 16.6. The van der Waals surface area contributed by atoms with Gasteiger partial charge in [-0.3, -0.25) is 10.1 Å². The first-order valence-electron chi connectivity index (χ1n) is 8.69. The quantitative estimate of drug-likeness (QED) is 0.458. The number of hydrogen-bond donors (Lipinski definition) is 0. The molecule has 0 saturated carbocycles. The van der Waals surface area contributed by atoms with Crippen LogP contribution in [0.3, 0.4) is 0 Å². The highest BCUT2D eigenvalue weighted by Gasteiger charge is 2.12. The second-order valence-corrected chi connectivity index (χ2v) is 6.14. The molecule has 2 aromatic rings. The molecule has 0 fully saturated rings. The summed E-state index contributed by atoms with van der Waals surface area (Å²) in [5.41, 5.74) is 1.16. The number of likely N-dealkylation sites (N-methyl/N-ethyl adjacent to an activating group) is 1. The van der Waals surface area contributed by atoms with E-state index >= 15 is 0 Å². The number of ether oxygens (including phenoxy) is 3. The maximum Gasteiger partial charge on any atom is 0.271 e. The molecule has 0 radical (unpaired) electrons. The molecule has 0 spiro atoms. The zero-order valence-electron chi connectivity index (χ0n) is 16.2. The summed E-state index contributed by atoms with van der Waals surface area (Å²) in [6, 6.07) is 11.8. The number of hydrogen-bond acceptors (Lipinski definition) is 7. The molecular formula is C20H23N3O5. The van der Waals surface area contributed by atoms with E-state index < -0.39 is 4.92 Å². The van der Waals surface area contributed by atoms with Crippen molar-refractivity contribution in [2.45, 2.75) is 6.42 Å². The highest BCUT2D eigenvalue weighted by molar-refractivity contribution is 5.50. The van der Waals surface area contributed by atoms with Crippen molar-refractivity contribution in [1.29, 1.82) is 5.26 Å². The Kier molecular flexibility index (Phi) is 7.60. The Morgan fingerprint density at radius 1 is 1.07 bits per heavy atom. The average Bonchev–Trinajstić information content (AvgIpc) is 2.71. The first-order valence-corrected chi connectivity index (χ1v) is 8.69. The Labute approximate surface area is 164 Å². The maximum atomic E-state index is 10.8. The molecular weight excluding hydrogens is 362 g/mol. The van der Waals surface area contributed by atoms with Crippen LogP contribution in [-0.4, -0.2) is 50.8 Å². The Bertz CT molecular complexity index is 863. The first kappa shape index (κ1) is 21.0. The minimum absolute atomic E-state index is 0.129. The second kappa shape index (κ2) is 10.1. The summed E-state index contributed by atoms with van der Waals surface area (Å²) in [5.74, 6) is 1.75. The van der Waals surface area contributed by atoms with Gasteiger partial charge in [0.2, 0.25) is 0 Å². The van der Waals surface area contributed by atoms with E-state index in [0.717, 1.165) is 18.5 Å². The summed E-state index contributed by atoms with van der Waals surface area (Å²) < 4.78 is 16.2. The predicted octanol–water partition coefficient (Wildman–Crippen LogP) is 3.04. The van der Waals surface area contributed by atoms with Gasteiger partial charge in [0, 0.05) is 25.2 Å². The van der Waals surface area contributed by atoms with Gasteiger partial charge in [-0.05, 0) is 37.2 Å². The van der Waals surface area contributed by atoms with Gasteiger partial charge in [-0.15, -0.1) is 0 Å². The van der Waals surface area contributed by atoms with Gasteiger partial charge in [0.05, 0.1) is 19.1 Å². The molecule has 8 nitrogen and oxygen atoms in total. The molecule has 0 aromatic heterocycles. The number of nitrogens with zero attached hydrogens (tertiary/aromatic N) is 3. The van der Waals surface area contributed by atoms with E-state index in [4.69, 9.17) is 19.5 Å². The zero-order valence-corrected chi connectivity index (χ0v) is 16.2. The Balaban J connectivity index is 1.84. The zero-order chi connectivity index (χ0) is 20.5. The lowest BCUT2D eigenvalue weighted by molar-refractivity contribution is -0.384. The van der Waals surface area contributed by atoms with E-state index in [1.165, 1.54) is 18.2 Å². The van der Waals surface area contributed by atoms with Crippen molar-refractivity contribution < 1.29 is 19.1 Å². The number of non-ortho nitro benzene ring substituents is 1. The molecule has 0 N–H and O–H groups in total. The van der Waals surface area contributed by atoms with Crippen LogP contribution < -0.4 is 14.2 Å². The van der Waals surface area contributed by atoms with E-state index in [1.54, 1.807) is 14.2 Å². The highest BCUT2D eigenvalue weighted by Crippen LogP contribution is 2.27. The molecule has 2 aromatic carbocycles. The molecule has 0 aliphatic carbocycles. The van der Waals surface area contributed by atoms with Crippen molar-refractivity contribution in [1.82, 2.24) is 4.90 Å². The molecule has 0 aliphatic rings. The molecule has 8 heteroatoms. The van der Waals surface area contributed by atoms with Crippen molar-refractivity contribution in [3.63, 3.8) is 0 Å². The number of benzene rings is 2. The topological polar surface area (TPSA) is 97.9 Å². The van der Waals surface area contributed by atoms with Crippen molar-refractivity contribution >= 4 is 5.69 Å². The van der Waals surface area contributed by atoms with Gasteiger partial charge in [-0.25, -0.2) is 0 Å². The van der Waals surface area contributed by atoms with Crippen molar-refractivity contribution in [3.05, 3.63) is 57.6 Å². The number of rotatable bonds is 10. The van der Waals surface area contributed by atoms with Crippen LogP contribution in [0.2, 0.25) is 0 Å². The van der Waals surface area contributed by atoms with Gasteiger partial charge in [0.1, 0.15) is 24.0 Å². The van der Waals surface area contributed by atoms with Crippen LogP contribution in [0, 0.1) is 21.4 Å². The largest absolute Gasteiger partial charge is 0.493 e. The van der Waals surface area contributed by atoms with Crippen LogP contribution in [0.4, 0.5) is 5.69 Å². The molecule has 0 amide bonds. The molecule has 0 bridgehead atoms. The van der Waals surface area contributed by atoms with Crippen LogP contribution >= 0.6 is 0 Å². The maximum absolute atomic E-state index is 10.8. The van der Waals surface area contributed by atoms with Crippen LogP contribution in [0.15, 0.2) is 36.4 Å². The molecule has 0 atom stereocenters. The number of nitro benzene ring substituents is 1. The summed E-state index contributed by atoms with van der Waals surface area (Å²) >= 11 is 0. The molecule has 28 heavy (non-hydrogen) atoms. The summed E-state index contributed by atoms with van der Waals surface area (Å²) in [6.07, 6.45) is 0.831.